The lowest BCUT2D eigenvalue weighted by atomic mass is 10.1. The second kappa shape index (κ2) is 5.81. The Bertz CT molecular complexity index is 738. The van der Waals surface area contributed by atoms with Gasteiger partial charge in [0.25, 0.3) is 0 Å². The van der Waals surface area contributed by atoms with Crippen LogP contribution in [0.2, 0.25) is 0 Å². The van der Waals surface area contributed by atoms with Gasteiger partial charge in [-0.3, -0.25) is 4.79 Å². The zero-order valence-corrected chi connectivity index (χ0v) is 12.2. The van der Waals surface area contributed by atoms with Crippen LogP contribution in [0.1, 0.15) is 5.56 Å². The molecule has 0 aliphatic carbocycles. The summed E-state index contributed by atoms with van der Waals surface area (Å²) in [6.45, 7) is 0.814. The lowest BCUT2D eigenvalue weighted by molar-refractivity contribution is 0.165. The molecule has 1 N–H and O–H groups in total. The minimum absolute atomic E-state index is 0.0466. The number of benzene rings is 1. The third kappa shape index (κ3) is 2.69. The zero-order valence-electron chi connectivity index (χ0n) is 12.2. The van der Waals surface area contributed by atoms with Crippen molar-refractivity contribution >= 4 is 5.69 Å². The molecule has 2 heterocycles. The Morgan fingerprint density at radius 1 is 1.32 bits per heavy atom. The van der Waals surface area contributed by atoms with Crippen LogP contribution in [0, 0.1) is 5.82 Å². The summed E-state index contributed by atoms with van der Waals surface area (Å²) < 4.78 is 21.3. The number of halogens is 1. The molecule has 0 amide bonds. The van der Waals surface area contributed by atoms with Gasteiger partial charge < -0.3 is 19.3 Å². The monoisotopic (exact) mass is 304 g/mol. The third-order valence-electron chi connectivity index (χ3n) is 3.78. The summed E-state index contributed by atoms with van der Waals surface area (Å²) in [6, 6.07) is 8.08. The van der Waals surface area contributed by atoms with Crippen LogP contribution in [-0.2, 0) is 13.7 Å². The number of nitrogens with zero attached hydrogens (tertiary/aromatic N) is 2. The van der Waals surface area contributed by atoms with E-state index >= 15 is 0 Å². The van der Waals surface area contributed by atoms with Gasteiger partial charge in [-0.25, -0.2) is 4.39 Å². The van der Waals surface area contributed by atoms with Gasteiger partial charge >= 0.3 is 0 Å². The number of aryl methyl sites for hydroxylation is 1. The Hall–Kier alpha value is -2.34. The quantitative estimate of drug-likeness (QED) is 0.924. The van der Waals surface area contributed by atoms with Crippen molar-refractivity contribution in [3.05, 3.63) is 58.3 Å². The van der Waals surface area contributed by atoms with Gasteiger partial charge in [0.15, 0.2) is 5.82 Å². The van der Waals surface area contributed by atoms with Crippen molar-refractivity contribution in [1.82, 2.24) is 4.57 Å². The van der Waals surface area contributed by atoms with E-state index in [1.807, 2.05) is 4.90 Å². The van der Waals surface area contributed by atoms with E-state index in [9.17, 15) is 9.18 Å². The molecule has 22 heavy (non-hydrogen) atoms. The van der Waals surface area contributed by atoms with E-state index in [2.05, 4.69) is 0 Å². The van der Waals surface area contributed by atoms with Gasteiger partial charge in [0.1, 0.15) is 11.9 Å². The molecule has 2 aromatic rings. The van der Waals surface area contributed by atoms with Crippen molar-refractivity contribution in [3.8, 4) is 5.75 Å². The molecule has 1 aliphatic heterocycles. The number of anilines is 1. The van der Waals surface area contributed by atoms with Gasteiger partial charge in [-0.15, -0.1) is 0 Å². The Labute approximate surface area is 127 Å². The molecular weight excluding hydrogens is 287 g/mol. The van der Waals surface area contributed by atoms with Crippen molar-refractivity contribution < 1.29 is 14.2 Å². The first-order valence-corrected chi connectivity index (χ1v) is 7.05. The summed E-state index contributed by atoms with van der Waals surface area (Å²) in [7, 11) is 1.66. The average Bonchev–Trinajstić information content (AvgIpc) is 2.47. The maximum atomic E-state index is 14.1. The van der Waals surface area contributed by atoms with E-state index in [4.69, 9.17) is 9.84 Å². The van der Waals surface area contributed by atoms with Crippen molar-refractivity contribution in [3.63, 3.8) is 0 Å². The summed E-state index contributed by atoms with van der Waals surface area (Å²) in [6.07, 6.45) is 1.59. The second-order valence-electron chi connectivity index (χ2n) is 5.37. The van der Waals surface area contributed by atoms with E-state index in [0.29, 0.717) is 30.1 Å². The number of hydrogen-bond donors (Lipinski definition) is 1. The van der Waals surface area contributed by atoms with Crippen molar-refractivity contribution in [2.45, 2.75) is 12.7 Å². The lowest BCUT2D eigenvalue weighted by Gasteiger charge is -2.40. The van der Waals surface area contributed by atoms with Crippen LogP contribution in [0.25, 0.3) is 0 Å². The highest BCUT2D eigenvalue weighted by Crippen LogP contribution is 2.28. The van der Waals surface area contributed by atoms with E-state index < -0.39 is 0 Å². The van der Waals surface area contributed by atoms with E-state index in [0.717, 1.165) is 0 Å². The average molecular weight is 304 g/mol. The number of hydrogen-bond acceptors (Lipinski definition) is 4. The number of ether oxygens (including phenoxy) is 1. The Balaban J connectivity index is 1.65. The van der Waals surface area contributed by atoms with Gasteiger partial charge in [0.05, 0.1) is 25.4 Å². The number of rotatable bonds is 4. The molecule has 0 atom stereocenters. The predicted molar refractivity (Wildman–Crippen MR) is 80.6 cm³/mol. The van der Waals surface area contributed by atoms with Crippen LogP contribution in [-0.4, -0.2) is 28.9 Å². The third-order valence-corrected chi connectivity index (χ3v) is 3.78. The number of aliphatic hydroxyl groups excluding tert-OH is 1. The molecule has 3 rings (SSSR count). The molecule has 1 aromatic heterocycles. The van der Waals surface area contributed by atoms with E-state index in [1.54, 1.807) is 37.5 Å². The fourth-order valence-electron chi connectivity index (χ4n) is 2.47. The van der Waals surface area contributed by atoms with Gasteiger partial charge in [-0.05, 0) is 12.1 Å². The normalized spacial score (nSPS) is 14.8. The van der Waals surface area contributed by atoms with Crippen LogP contribution < -0.4 is 15.2 Å². The smallest absolute Gasteiger partial charge is 0.250 e. The maximum absolute atomic E-state index is 14.1. The largest absolute Gasteiger partial charge is 0.485 e. The summed E-state index contributed by atoms with van der Waals surface area (Å²) in [5.41, 5.74) is 0.678. The molecule has 0 radical (unpaired) electrons. The summed E-state index contributed by atoms with van der Waals surface area (Å²) in [5, 5.41) is 9.10. The molecule has 6 heteroatoms. The zero-order chi connectivity index (χ0) is 15.7. The molecule has 0 bridgehead atoms. The highest BCUT2D eigenvalue weighted by molar-refractivity contribution is 5.52. The molecule has 116 valence electrons. The van der Waals surface area contributed by atoms with E-state index in [-0.39, 0.29) is 24.1 Å². The standard InChI is InChI=1S/C16H17FN2O3/c1-18-7-12(5-6-15(18)21)22-13-8-19(9-13)14-4-2-3-11(10-20)16(14)17/h2-7,13,20H,8-10H2,1H3. The first kappa shape index (κ1) is 14.6. The summed E-state index contributed by atoms with van der Waals surface area (Å²) in [4.78, 5) is 13.2. The fraction of sp³-hybridized carbons (Fsp3) is 0.312. The number of aromatic nitrogens is 1. The molecule has 1 saturated heterocycles. The maximum Gasteiger partial charge on any atom is 0.250 e. The molecule has 1 aliphatic rings. The minimum atomic E-state index is -0.384. The SMILES string of the molecule is Cn1cc(OC2CN(c3cccc(CO)c3F)C2)ccc1=O. The Kier molecular flexibility index (Phi) is 3.85. The van der Waals surface area contributed by atoms with Crippen LogP contribution in [0.4, 0.5) is 10.1 Å². The van der Waals surface area contributed by atoms with E-state index in [1.165, 1.54) is 10.6 Å². The van der Waals surface area contributed by atoms with Gasteiger partial charge in [0, 0.05) is 24.9 Å². The van der Waals surface area contributed by atoms with Gasteiger partial charge in [-0.1, -0.05) is 12.1 Å². The van der Waals surface area contributed by atoms with Crippen molar-refractivity contribution in [2.24, 2.45) is 7.05 Å². The first-order chi connectivity index (χ1) is 10.6. The molecule has 0 saturated carbocycles. The predicted octanol–water partition coefficient (Wildman–Crippen LogP) is 1.28. The second-order valence-corrected chi connectivity index (χ2v) is 5.37. The Morgan fingerprint density at radius 3 is 2.77 bits per heavy atom. The molecule has 0 spiro atoms. The fourth-order valence-corrected chi connectivity index (χ4v) is 2.47. The van der Waals surface area contributed by atoms with Crippen LogP contribution in [0.15, 0.2) is 41.3 Å². The van der Waals surface area contributed by atoms with Gasteiger partial charge in [-0.2, -0.15) is 0 Å². The van der Waals surface area contributed by atoms with Crippen molar-refractivity contribution in [2.75, 3.05) is 18.0 Å². The van der Waals surface area contributed by atoms with Crippen LogP contribution in [0.3, 0.4) is 0 Å². The summed E-state index contributed by atoms with van der Waals surface area (Å²) in [5.74, 6) is 0.238. The molecule has 5 nitrogen and oxygen atoms in total. The molecule has 1 fully saturated rings. The topological polar surface area (TPSA) is 54.7 Å². The summed E-state index contributed by atoms with van der Waals surface area (Å²) >= 11 is 0. The Morgan fingerprint density at radius 2 is 2.09 bits per heavy atom. The highest BCUT2D eigenvalue weighted by atomic mass is 19.1. The molecule has 0 unspecified atom stereocenters. The lowest BCUT2D eigenvalue weighted by Crippen LogP contribution is -2.54. The molecular formula is C16H17FN2O3. The number of aliphatic hydroxyl groups is 1. The molecule has 1 aromatic carbocycles. The van der Waals surface area contributed by atoms with Gasteiger partial charge in [0.2, 0.25) is 5.56 Å². The van der Waals surface area contributed by atoms with Crippen LogP contribution >= 0.6 is 0 Å². The number of pyridine rings is 1. The highest BCUT2D eigenvalue weighted by Gasteiger charge is 2.30. The first-order valence-electron chi connectivity index (χ1n) is 7.05. The minimum Gasteiger partial charge on any atom is -0.485 e. The van der Waals surface area contributed by atoms with Crippen molar-refractivity contribution in [1.29, 1.82) is 0 Å². The van der Waals surface area contributed by atoms with Crippen LogP contribution in [0.5, 0.6) is 5.75 Å².